The van der Waals surface area contributed by atoms with Gasteiger partial charge in [0.05, 0.1) is 12.2 Å². The summed E-state index contributed by atoms with van der Waals surface area (Å²) in [5.41, 5.74) is 2.82. The summed E-state index contributed by atoms with van der Waals surface area (Å²) >= 11 is 0. The van der Waals surface area contributed by atoms with Crippen molar-refractivity contribution in [2.24, 2.45) is 0 Å². The lowest BCUT2D eigenvalue weighted by Crippen LogP contribution is -2.47. The molecule has 0 radical (unpaired) electrons. The number of hydrogen-bond acceptors (Lipinski definition) is 4. The van der Waals surface area contributed by atoms with Crippen LogP contribution in [0.5, 0.6) is 0 Å². The van der Waals surface area contributed by atoms with Gasteiger partial charge in [-0.2, -0.15) is 9.78 Å². The standard InChI is InChI=1S/C24H28N4O3/c1-6-18(5)25-22(29)21-23(30)27(14-19-10-7-15(2)8-11-19)24(31)28(26-21)20-12-9-16(3)17(4)13-20/h7-13,18H,6,14H2,1-5H3,(H,25,29). The zero-order chi connectivity index (χ0) is 22.7. The van der Waals surface area contributed by atoms with Gasteiger partial charge in [0.1, 0.15) is 0 Å². The summed E-state index contributed by atoms with van der Waals surface area (Å²) < 4.78 is 2.20. The first-order valence-electron chi connectivity index (χ1n) is 10.4. The van der Waals surface area contributed by atoms with Crippen LogP contribution in [-0.2, 0) is 6.54 Å². The van der Waals surface area contributed by atoms with Crippen LogP contribution in [0.25, 0.3) is 5.69 Å². The quantitative estimate of drug-likeness (QED) is 0.664. The molecule has 162 valence electrons. The van der Waals surface area contributed by atoms with Crippen LogP contribution in [-0.4, -0.2) is 26.3 Å². The highest BCUT2D eigenvalue weighted by Crippen LogP contribution is 2.12. The van der Waals surface area contributed by atoms with Crippen LogP contribution in [0.15, 0.2) is 52.1 Å². The highest BCUT2D eigenvalue weighted by Gasteiger charge is 2.21. The van der Waals surface area contributed by atoms with E-state index < -0.39 is 17.2 Å². The SMILES string of the molecule is CCC(C)NC(=O)c1nn(-c2ccc(C)c(C)c2)c(=O)n(Cc2ccc(C)cc2)c1=O. The summed E-state index contributed by atoms with van der Waals surface area (Å²) in [5, 5.41) is 6.95. The van der Waals surface area contributed by atoms with E-state index in [1.54, 1.807) is 6.07 Å². The van der Waals surface area contributed by atoms with Crippen molar-refractivity contribution in [2.75, 3.05) is 0 Å². The predicted molar refractivity (Wildman–Crippen MR) is 121 cm³/mol. The molecule has 31 heavy (non-hydrogen) atoms. The van der Waals surface area contributed by atoms with Crippen LogP contribution in [0.3, 0.4) is 0 Å². The summed E-state index contributed by atoms with van der Waals surface area (Å²) in [6.45, 7) is 9.70. The first kappa shape index (κ1) is 22.2. The molecule has 3 aromatic rings. The number of benzene rings is 2. The van der Waals surface area contributed by atoms with Crippen molar-refractivity contribution in [1.29, 1.82) is 0 Å². The Morgan fingerprint density at radius 3 is 2.32 bits per heavy atom. The highest BCUT2D eigenvalue weighted by atomic mass is 16.2. The summed E-state index contributed by atoms with van der Waals surface area (Å²) in [7, 11) is 0. The molecule has 2 aromatic carbocycles. The number of aromatic nitrogens is 3. The lowest BCUT2D eigenvalue weighted by Gasteiger charge is -2.15. The molecule has 3 rings (SSSR count). The molecule has 0 saturated carbocycles. The van der Waals surface area contributed by atoms with Crippen molar-refractivity contribution >= 4 is 5.91 Å². The Balaban J connectivity index is 2.20. The number of aryl methyl sites for hydroxylation is 3. The van der Waals surface area contributed by atoms with Crippen molar-refractivity contribution in [2.45, 2.75) is 53.6 Å². The molecule has 7 nitrogen and oxygen atoms in total. The Morgan fingerprint density at radius 2 is 1.71 bits per heavy atom. The third-order valence-corrected chi connectivity index (χ3v) is 5.46. The largest absolute Gasteiger partial charge is 0.352 e. The average molecular weight is 421 g/mol. The molecule has 1 aromatic heterocycles. The Kier molecular flexibility index (Phi) is 6.53. The van der Waals surface area contributed by atoms with E-state index in [-0.39, 0.29) is 18.3 Å². The van der Waals surface area contributed by atoms with Gasteiger partial charge in [-0.25, -0.2) is 4.79 Å². The fraction of sp³-hybridized carbons (Fsp3) is 0.333. The molecule has 1 N–H and O–H groups in total. The fourth-order valence-corrected chi connectivity index (χ4v) is 3.09. The number of hydrogen-bond donors (Lipinski definition) is 1. The van der Waals surface area contributed by atoms with Crippen LogP contribution in [0.1, 0.15) is 53.0 Å². The lowest BCUT2D eigenvalue weighted by atomic mass is 10.1. The molecular formula is C24H28N4O3. The maximum absolute atomic E-state index is 13.2. The maximum Gasteiger partial charge on any atom is 0.352 e. The molecule has 0 spiro atoms. The summed E-state index contributed by atoms with van der Waals surface area (Å²) in [6, 6.07) is 12.9. The monoisotopic (exact) mass is 420 g/mol. The number of amides is 1. The first-order valence-corrected chi connectivity index (χ1v) is 10.4. The van der Waals surface area contributed by atoms with Gasteiger partial charge in [-0.05, 0) is 62.9 Å². The van der Waals surface area contributed by atoms with Crippen molar-refractivity contribution in [1.82, 2.24) is 19.7 Å². The number of nitrogens with zero attached hydrogens (tertiary/aromatic N) is 3. The third-order valence-electron chi connectivity index (χ3n) is 5.46. The van der Waals surface area contributed by atoms with Crippen molar-refractivity contribution in [3.63, 3.8) is 0 Å². The smallest absolute Gasteiger partial charge is 0.348 e. The van der Waals surface area contributed by atoms with Gasteiger partial charge in [-0.3, -0.25) is 14.2 Å². The van der Waals surface area contributed by atoms with Crippen LogP contribution >= 0.6 is 0 Å². The molecule has 1 atom stereocenters. The Morgan fingerprint density at radius 1 is 1.03 bits per heavy atom. The highest BCUT2D eigenvalue weighted by molar-refractivity contribution is 5.91. The molecule has 1 unspecified atom stereocenters. The molecule has 0 aliphatic carbocycles. The number of carbonyl (C=O) groups is 1. The van der Waals surface area contributed by atoms with Crippen molar-refractivity contribution in [3.05, 3.63) is 91.3 Å². The molecule has 0 aliphatic rings. The van der Waals surface area contributed by atoms with E-state index in [2.05, 4.69) is 10.4 Å². The lowest BCUT2D eigenvalue weighted by molar-refractivity contribution is 0.0929. The Labute approximate surface area is 181 Å². The van der Waals surface area contributed by atoms with E-state index in [0.29, 0.717) is 12.1 Å². The zero-order valence-corrected chi connectivity index (χ0v) is 18.6. The molecule has 0 aliphatic heterocycles. The average Bonchev–Trinajstić information content (AvgIpc) is 2.74. The van der Waals surface area contributed by atoms with Crippen LogP contribution in [0.4, 0.5) is 0 Å². The molecule has 0 saturated heterocycles. The van der Waals surface area contributed by atoms with E-state index in [0.717, 1.165) is 31.5 Å². The maximum atomic E-state index is 13.2. The minimum Gasteiger partial charge on any atom is -0.348 e. The number of rotatable bonds is 6. The number of nitrogens with one attached hydrogen (secondary N) is 1. The van der Waals surface area contributed by atoms with E-state index in [1.807, 2.05) is 71.0 Å². The van der Waals surface area contributed by atoms with Gasteiger partial charge in [0.15, 0.2) is 0 Å². The van der Waals surface area contributed by atoms with Crippen LogP contribution in [0.2, 0.25) is 0 Å². The minimum atomic E-state index is -0.702. The van der Waals surface area contributed by atoms with Crippen LogP contribution in [0, 0.1) is 20.8 Å². The van der Waals surface area contributed by atoms with Gasteiger partial charge in [-0.1, -0.05) is 42.8 Å². The van der Waals surface area contributed by atoms with Crippen molar-refractivity contribution < 1.29 is 4.79 Å². The second kappa shape index (κ2) is 9.12. The topological polar surface area (TPSA) is 86.0 Å². The van der Waals surface area contributed by atoms with E-state index in [1.165, 1.54) is 0 Å². The summed E-state index contributed by atoms with van der Waals surface area (Å²) in [4.78, 5) is 39.1. The second-order valence-electron chi connectivity index (χ2n) is 7.97. The zero-order valence-electron chi connectivity index (χ0n) is 18.6. The second-order valence-corrected chi connectivity index (χ2v) is 7.97. The number of carbonyl (C=O) groups excluding carboxylic acids is 1. The van der Waals surface area contributed by atoms with E-state index >= 15 is 0 Å². The molecule has 0 fully saturated rings. The molecule has 0 bridgehead atoms. The normalized spacial score (nSPS) is 11.9. The third kappa shape index (κ3) is 4.82. The predicted octanol–water partition coefficient (Wildman–Crippen LogP) is 2.90. The Hall–Kier alpha value is -3.48. The summed E-state index contributed by atoms with van der Waals surface area (Å²) in [5.74, 6) is -0.588. The van der Waals surface area contributed by atoms with Gasteiger partial charge in [0.2, 0.25) is 5.69 Å². The van der Waals surface area contributed by atoms with Gasteiger partial charge < -0.3 is 5.32 Å². The molecule has 1 amide bonds. The molecular weight excluding hydrogens is 392 g/mol. The minimum absolute atomic E-state index is 0.0505. The summed E-state index contributed by atoms with van der Waals surface area (Å²) in [6.07, 6.45) is 0.708. The Bertz CT molecular complexity index is 1220. The van der Waals surface area contributed by atoms with Gasteiger partial charge in [0, 0.05) is 6.04 Å². The van der Waals surface area contributed by atoms with Gasteiger partial charge >= 0.3 is 5.69 Å². The first-order chi connectivity index (χ1) is 14.7. The van der Waals surface area contributed by atoms with Crippen LogP contribution < -0.4 is 16.6 Å². The fourth-order valence-electron chi connectivity index (χ4n) is 3.09. The van der Waals surface area contributed by atoms with Gasteiger partial charge in [-0.15, -0.1) is 0 Å². The molecule has 7 heteroatoms. The van der Waals surface area contributed by atoms with Gasteiger partial charge in [0.25, 0.3) is 11.5 Å². The molecule has 1 heterocycles. The van der Waals surface area contributed by atoms with E-state index in [9.17, 15) is 14.4 Å². The van der Waals surface area contributed by atoms with E-state index in [4.69, 9.17) is 0 Å². The van der Waals surface area contributed by atoms with Crippen molar-refractivity contribution in [3.8, 4) is 5.69 Å².